The highest BCUT2D eigenvalue weighted by atomic mass is 35.5. The number of rotatable bonds is 6. The van der Waals surface area contributed by atoms with Crippen LogP contribution in [0.2, 0.25) is 5.02 Å². The van der Waals surface area contributed by atoms with Gasteiger partial charge in [0, 0.05) is 11.3 Å². The predicted octanol–water partition coefficient (Wildman–Crippen LogP) is 1.62. The molecule has 2 atom stereocenters. The third-order valence-electron chi connectivity index (χ3n) is 2.97. The number of aliphatic hydroxyl groups is 1. The first-order chi connectivity index (χ1) is 9.22. The normalized spacial score (nSPS) is 15.1. The van der Waals surface area contributed by atoms with E-state index in [2.05, 4.69) is 4.72 Å². The van der Waals surface area contributed by atoms with E-state index in [4.69, 9.17) is 17.3 Å². The minimum absolute atomic E-state index is 0.101. The molecule has 114 valence electrons. The number of benzene rings is 1. The van der Waals surface area contributed by atoms with Crippen LogP contribution in [0.15, 0.2) is 17.0 Å². The number of hydrogen-bond acceptors (Lipinski definition) is 5. The Balaban J connectivity index is 3.09. The molecule has 1 aromatic rings. The molecule has 8 heteroatoms. The van der Waals surface area contributed by atoms with Gasteiger partial charge in [-0.1, -0.05) is 11.6 Å². The van der Waals surface area contributed by atoms with Crippen LogP contribution < -0.4 is 10.5 Å². The van der Waals surface area contributed by atoms with E-state index in [9.17, 15) is 13.5 Å². The van der Waals surface area contributed by atoms with E-state index >= 15 is 0 Å². The van der Waals surface area contributed by atoms with Crippen LogP contribution in [0.5, 0.6) is 0 Å². The van der Waals surface area contributed by atoms with Crippen molar-refractivity contribution in [2.24, 2.45) is 0 Å². The lowest BCUT2D eigenvalue weighted by Gasteiger charge is -2.22. The Bertz CT molecular complexity index is 574. The summed E-state index contributed by atoms with van der Waals surface area (Å²) in [5.41, 5.74) is 6.40. The standard InChI is InChI=1S/C12H19ClN2O3S2/c1-7-4-9(13)10(14)5-12(7)20(17,18)15-8(2)11(6-16)19-3/h4-5,8,11,15-16H,6,14H2,1-3H3. The number of nitrogens with two attached hydrogens (primary N) is 1. The Labute approximate surface area is 128 Å². The molecule has 4 N–H and O–H groups in total. The lowest BCUT2D eigenvalue weighted by molar-refractivity contribution is 0.282. The highest BCUT2D eigenvalue weighted by Gasteiger charge is 2.24. The molecule has 0 bridgehead atoms. The molecule has 1 rings (SSSR count). The van der Waals surface area contributed by atoms with E-state index in [0.717, 1.165) is 0 Å². The molecule has 20 heavy (non-hydrogen) atoms. The van der Waals surface area contributed by atoms with Crippen LogP contribution in [-0.4, -0.2) is 37.7 Å². The minimum atomic E-state index is -3.71. The zero-order valence-electron chi connectivity index (χ0n) is 11.6. The predicted molar refractivity (Wildman–Crippen MR) is 84.8 cm³/mol. The Morgan fingerprint density at radius 1 is 1.50 bits per heavy atom. The molecule has 1 aromatic carbocycles. The first kappa shape index (κ1) is 17.6. The van der Waals surface area contributed by atoms with E-state index in [1.165, 1.54) is 23.9 Å². The van der Waals surface area contributed by atoms with Crippen molar-refractivity contribution in [3.05, 3.63) is 22.7 Å². The summed E-state index contributed by atoms with van der Waals surface area (Å²) in [7, 11) is -3.71. The number of anilines is 1. The summed E-state index contributed by atoms with van der Waals surface area (Å²) in [6.07, 6.45) is 1.82. The fourth-order valence-electron chi connectivity index (χ4n) is 1.78. The van der Waals surface area contributed by atoms with Crippen molar-refractivity contribution in [3.8, 4) is 0 Å². The topological polar surface area (TPSA) is 92.4 Å². The van der Waals surface area contributed by atoms with Gasteiger partial charge in [0.15, 0.2) is 0 Å². The number of aliphatic hydroxyl groups excluding tert-OH is 1. The maximum Gasteiger partial charge on any atom is 0.241 e. The van der Waals surface area contributed by atoms with E-state index in [1.54, 1.807) is 13.8 Å². The molecule has 0 heterocycles. The quantitative estimate of drug-likeness (QED) is 0.685. The number of sulfonamides is 1. The van der Waals surface area contributed by atoms with Gasteiger partial charge in [-0.3, -0.25) is 0 Å². The van der Waals surface area contributed by atoms with Crippen LogP contribution in [0.3, 0.4) is 0 Å². The lowest BCUT2D eigenvalue weighted by Crippen LogP contribution is -2.41. The van der Waals surface area contributed by atoms with Gasteiger partial charge in [-0.15, -0.1) is 0 Å². The average molecular weight is 339 g/mol. The number of aryl methyl sites for hydroxylation is 1. The third-order valence-corrected chi connectivity index (χ3v) is 6.16. The number of hydrogen-bond donors (Lipinski definition) is 3. The van der Waals surface area contributed by atoms with Crippen molar-refractivity contribution in [2.45, 2.75) is 30.0 Å². The van der Waals surface area contributed by atoms with Crippen molar-refractivity contribution in [1.29, 1.82) is 0 Å². The largest absolute Gasteiger partial charge is 0.397 e. The fourth-order valence-corrected chi connectivity index (χ4v) is 4.25. The van der Waals surface area contributed by atoms with E-state index in [0.29, 0.717) is 10.6 Å². The minimum Gasteiger partial charge on any atom is -0.397 e. The molecule has 0 fully saturated rings. The first-order valence-corrected chi connectivity index (χ1v) is 9.09. The molecular formula is C12H19ClN2O3S2. The van der Waals surface area contributed by atoms with E-state index in [1.807, 2.05) is 6.26 Å². The van der Waals surface area contributed by atoms with Gasteiger partial charge >= 0.3 is 0 Å². The first-order valence-electron chi connectivity index (χ1n) is 5.94. The molecule has 0 aliphatic heterocycles. The van der Waals surface area contributed by atoms with Crippen LogP contribution in [-0.2, 0) is 10.0 Å². The zero-order valence-corrected chi connectivity index (χ0v) is 13.9. The second-order valence-corrected chi connectivity index (χ2v) is 7.67. The van der Waals surface area contributed by atoms with Gasteiger partial charge in [-0.2, -0.15) is 11.8 Å². The van der Waals surface area contributed by atoms with Gasteiger partial charge in [0.1, 0.15) is 0 Å². The van der Waals surface area contributed by atoms with Gasteiger partial charge in [-0.05, 0) is 37.8 Å². The highest BCUT2D eigenvalue weighted by Crippen LogP contribution is 2.26. The van der Waals surface area contributed by atoms with E-state index < -0.39 is 16.1 Å². The number of nitrogen functional groups attached to an aromatic ring is 1. The summed E-state index contributed by atoms with van der Waals surface area (Å²) >= 11 is 7.26. The molecule has 0 saturated carbocycles. The molecule has 2 unspecified atom stereocenters. The van der Waals surface area contributed by atoms with Gasteiger partial charge in [0.05, 0.1) is 22.2 Å². The molecule has 0 aliphatic rings. The molecule has 0 amide bonds. The Morgan fingerprint density at radius 2 is 2.10 bits per heavy atom. The summed E-state index contributed by atoms with van der Waals surface area (Å²) in [6.45, 7) is 3.26. The van der Waals surface area contributed by atoms with Crippen molar-refractivity contribution in [3.63, 3.8) is 0 Å². The van der Waals surface area contributed by atoms with Gasteiger partial charge in [0.25, 0.3) is 0 Å². The Kier molecular flexibility index (Phi) is 6.15. The molecule has 0 spiro atoms. The van der Waals surface area contributed by atoms with Crippen LogP contribution in [0.25, 0.3) is 0 Å². The number of nitrogens with one attached hydrogen (secondary N) is 1. The Hall–Kier alpha value is -0.470. The van der Waals surface area contributed by atoms with Crippen molar-refractivity contribution >= 4 is 39.1 Å². The van der Waals surface area contributed by atoms with Crippen LogP contribution in [0.1, 0.15) is 12.5 Å². The lowest BCUT2D eigenvalue weighted by atomic mass is 10.2. The molecular weight excluding hydrogens is 320 g/mol. The SMILES string of the molecule is CSC(CO)C(C)NS(=O)(=O)c1cc(N)c(Cl)cc1C. The third kappa shape index (κ3) is 4.02. The van der Waals surface area contributed by atoms with Gasteiger partial charge in [0.2, 0.25) is 10.0 Å². The average Bonchev–Trinajstić information content (AvgIpc) is 2.34. The maximum absolute atomic E-state index is 12.4. The summed E-state index contributed by atoms with van der Waals surface area (Å²) in [5, 5.41) is 9.32. The van der Waals surface area contributed by atoms with Crippen molar-refractivity contribution in [2.75, 3.05) is 18.6 Å². The summed E-state index contributed by atoms with van der Waals surface area (Å²) in [6, 6.07) is 2.46. The van der Waals surface area contributed by atoms with E-state index in [-0.39, 0.29) is 22.4 Å². The second kappa shape index (κ2) is 7.00. The molecule has 0 aromatic heterocycles. The van der Waals surface area contributed by atoms with Crippen LogP contribution in [0, 0.1) is 6.92 Å². The number of halogens is 1. The highest BCUT2D eigenvalue weighted by molar-refractivity contribution is 7.99. The van der Waals surface area contributed by atoms with Crippen LogP contribution >= 0.6 is 23.4 Å². The zero-order chi connectivity index (χ0) is 15.5. The van der Waals surface area contributed by atoms with Gasteiger partial charge in [-0.25, -0.2) is 13.1 Å². The van der Waals surface area contributed by atoms with Crippen molar-refractivity contribution in [1.82, 2.24) is 4.72 Å². The molecule has 0 saturated heterocycles. The number of thioether (sulfide) groups is 1. The van der Waals surface area contributed by atoms with Crippen molar-refractivity contribution < 1.29 is 13.5 Å². The summed E-state index contributed by atoms with van der Waals surface area (Å²) in [5.74, 6) is 0. The fraction of sp³-hybridized carbons (Fsp3) is 0.500. The van der Waals surface area contributed by atoms with Gasteiger partial charge < -0.3 is 10.8 Å². The summed E-state index contributed by atoms with van der Waals surface area (Å²) < 4.78 is 27.3. The summed E-state index contributed by atoms with van der Waals surface area (Å²) in [4.78, 5) is 0.101. The maximum atomic E-state index is 12.4. The van der Waals surface area contributed by atoms with Crippen LogP contribution in [0.4, 0.5) is 5.69 Å². The molecule has 5 nitrogen and oxygen atoms in total. The molecule has 0 radical (unpaired) electrons. The smallest absolute Gasteiger partial charge is 0.241 e. The Morgan fingerprint density at radius 3 is 2.60 bits per heavy atom. The monoisotopic (exact) mass is 338 g/mol. The second-order valence-electron chi connectivity index (χ2n) is 4.51. The molecule has 0 aliphatic carbocycles.